The van der Waals surface area contributed by atoms with Gasteiger partial charge in [0.2, 0.25) is 0 Å². The number of para-hydroxylation sites is 2. The van der Waals surface area contributed by atoms with E-state index in [0.29, 0.717) is 10.7 Å². The molecule has 2 aromatic heterocycles. The molecule has 0 amide bonds. The Morgan fingerprint density at radius 3 is 2.76 bits per heavy atom. The molecule has 1 atom stereocenters. The van der Waals surface area contributed by atoms with Gasteiger partial charge in [-0.25, -0.2) is 4.98 Å². The third kappa shape index (κ3) is 2.14. The lowest BCUT2D eigenvalue weighted by molar-refractivity contribution is 0.0979. The maximum atomic E-state index is 12.6. The van der Waals surface area contributed by atoms with Crippen molar-refractivity contribution < 1.29 is 4.79 Å². The van der Waals surface area contributed by atoms with Gasteiger partial charge in [0.15, 0.2) is 11.7 Å². The Morgan fingerprint density at radius 2 is 2.14 bits per heavy atom. The molecule has 0 fully saturated rings. The summed E-state index contributed by atoms with van der Waals surface area (Å²) in [6.45, 7) is 1.88. The van der Waals surface area contributed by atoms with Crippen LogP contribution in [-0.2, 0) is 7.05 Å². The zero-order chi connectivity index (χ0) is 15.0. The lowest BCUT2D eigenvalue weighted by Crippen LogP contribution is -2.15. The summed E-state index contributed by atoms with van der Waals surface area (Å²) in [5, 5.41) is 11.3. The number of nitriles is 1. The molecule has 0 saturated heterocycles. The number of rotatable bonds is 3. The molecule has 0 aliphatic rings. The number of aromatic nitrogens is 2. The van der Waals surface area contributed by atoms with Crippen molar-refractivity contribution in [3.8, 4) is 6.07 Å². The molecule has 0 spiro atoms. The first-order chi connectivity index (χ1) is 10.1. The summed E-state index contributed by atoms with van der Waals surface area (Å²) < 4.78 is 1.82. The molecule has 0 radical (unpaired) electrons. The molecule has 4 nitrogen and oxygen atoms in total. The lowest BCUT2D eigenvalue weighted by Gasteiger charge is -2.08. The predicted molar refractivity (Wildman–Crippen MR) is 82.5 cm³/mol. The van der Waals surface area contributed by atoms with Crippen LogP contribution >= 0.6 is 11.3 Å². The van der Waals surface area contributed by atoms with Gasteiger partial charge in [-0.15, -0.1) is 11.3 Å². The summed E-state index contributed by atoms with van der Waals surface area (Å²) in [7, 11) is 1.84. The van der Waals surface area contributed by atoms with Crippen LogP contribution in [0.25, 0.3) is 11.0 Å². The summed E-state index contributed by atoms with van der Waals surface area (Å²) in [5.41, 5.74) is 2.62. The number of ketones is 1. The van der Waals surface area contributed by atoms with Crippen LogP contribution in [0.4, 0.5) is 0 Å². The van der Waals surface area contributed by atoms with Crippen molar-refractivity contribution in [3.05, 3.63) is 52.0 Å². The van der Waals surface area contributed by atoms with Crippen molar-refractivity contribution in [1.29, 1.82) is 5.26 Å². The van der Waals surface area contributed by atoms with E-state index >= 15 is 0 Å². The highest BCUT2D eigenvalue weighted by Gasteiger charge is 2.28. The first-order valence-corrected chi connectivity index (χ1v) is 7.40. The van der Waals surface area contributed by atoms with Crippen molar-refractivity contribution in [2.24, 2.45) is 7.05 Å². The predicted octanol–water partition coefficient (Wildman–Crippen LogP) is 3.43. The molecular weight excluding hydrogens is 282 g/mol. The largest absolute Gasteiger partial charge is 0.330 e. The summed E-state index contributed by atoms with van der Waals surface area (Å²) in [5.74, 6) is -0.556. The maximum absolute atomic E-state index is 12.6. The first-order valence-electron chi connectivity index (χ1n) is 6.52. The van der Waals surface area contributed by atoms with Gasteiger partial charge in [0, 0.05) is 7.05 Å². The Bertz CT molecular complexity index is 869. The van der Waals surface area contributed by atoms with Crippen LogP contribution in [0, 0.1) is 18.3 Å². The topological polar surface area (TPSA) is 58.7 Å². The fourth-order valence-electron chi connectivity index (χ4n) is 2.41. The highest BCUT2D eigenvalue weighted by molar-refractivity contribution is 7.12. The second kappa shape index (κ2) is 5.15. The molecule has 0 N–H and O–H groups in total. The minimum Gasteiger partial charge on any atom is -0.330 e. The van der Waals surface area contributed by atoms with E-state index in [1.54, 1.807) is 0 Å². The quantitative estimate of drug-likeness (QED) is 0.695. The van der Waals surface area contributed by atoms with Gasteiger partial charge in [0.1, 0.15) is 5.82 Å². The third-order valence-electron chi connectivity index (χ3n) is 3.56. The summed E-state index contributed by atoms with van der Waals surface area (Å²) >= 11 is 1.37. The second-order valence-corrected chi connectivity index (χ2v) is 5.79. The summed E-state index contributed by atoms with van der Waals surface area (Å²) in [6, 6.07) is 11.6. The van der Waals surface area contributed by atoms with Crippen LogP contribution in [-0.4, -0.2) is 15.3 Å². The number of aryl methyl sites for hydroxylation is 2. The Kier molecular flexibility index (Phi) is 3.32. The molecular formula is C16H13N3OS. The zero-order valence-corrected chi connectivity index (χ0v) is 12.5. The molecule has 21 heavy (non-hydrogen) atoms. The van der Waals surface area contributed by atoms with Crippen LogP contribution < -0.4 is 0 Å². The van der Waals surface area contributed by atoms with Crippen LogP contribution in [0.3, 0.4) is 0 Å². The number of hydrogen-bond donors (Lipinski definition) is 0. The third-order valence-corrected chi connectivity index (χ3v) is 4.59. The number of carbonyl (C=O) groups excluding carboxylic acids is 1. The minimum absolute atomic E-state index is 0.177. The summed E-state index contributed by atoms with van der Waals surface area (Å²) in [4.78, 5) is 17.7. The number of imidazole rings is 1. The van der Waals surface area contributed by atoms with Gasteiger partial charge in [-0.3, -0.25) is 4.79 Å². The standard InChI is InChI=1S/C16H13N3OS/c1-10-7-8-21-15(10)14(20)11(9-17)16-18-12-5-3-4-6-13(12)19(16)2/h3-8,11H,1-2H3. The molecule has 1 aromatic carbocycles. The molecule has 1 unspecified atom stereocenters. The highest BCUT2D eigenvalue weighted by Crippen LogP contribution is 2.27. The van der Waals surface area contributed by atoms with E-state index in [-0.39, 0.29) is 5.78 Å². The second-order valence-electron chi connectivity index (χ2n) is 4.88. The Labute approximate surface area is 126 Å². The van der Waals surface area contributed by atoms with Gasteiger partial charge in [-0.2, -0.15) is 5.26 Å². The smallest absolute Gasteiger partial charge is 0.197 e. The lowest BCUT2D eigenvalue weighted by atomic mass is 10.0. The van der Waals surface area contributed by atoms with E-state index in [0.717, 1.165) is 16.6 Å². The van der Waals surface area contributed by atoms with Gasteiger partial charge in [0.05, 0.1) is 22.0 Å². The van der Waals surface area contributed by atoms with Crippen LogP contribution in [0.1, 0.15) is 27.0 Å². The van der Waals surface area contributed by atoms with E-state index in [1.807, 2.05) is 54.3 Å². The molecule has 0 aliphatic heterocycles. The fourth-order valence-corrected chi connectivity index (χ4v) is 3.31. The van der Waals surface area contributed by atoms with Gasteiger partial charge in [-0.05, 0) is 36.1 Å². The van der Waals surface area contributed by atoms with Gasteiger partial charge >= 0.3 is 0 Å². The van der Waals surface area contributed by atoms with Crippen molar-refractivity contribution >= 4 is 28.2 Å². The van der Waals surface area contributed by atoms with Crippen LogP contribution in [0.2, 0.25) is 0 Å². The number of hydrogen-bond acceptors (Lipinski definition) is 4. The number of nitrogens with zero attached hydrogens (tertiary/aromatic N) is 3. The van der Waals surface area contributed by atoms with Crippen molar-refractivity contribution in [2.75, 3.05) is 0 Å². The van der Waals surface area contributed by atoms with Crippen LogP contribution in [0.5, 0.6) is 0 Å². The summed E-state index contributed by atoms with van der Waals surface area (Å²) in [6.07, 6.45) is 0. The number of thiophene rings is 1. The SMILES string of the molecule is Cc1ccsc1C(=O)C(C#N)c1nc2ccccc2n1C. The van der Waals surface area contributed by atoms with E-state index < -0.39 is 5.92 Å². The van der Waals surface area contributed by atoms with Crippen molar-refractivity contribution in [2.45, 2.75) is 12.8 Å². The van der Waals surface area contributed by atoms with Crippen molar-refractivity contribution in [1.82, 2.24) is 9.55 Å². The number of benzene rings is 1. The van der Waals surface area contributed by atoms with E-state index in [9.17, 15) is 10.1 Å². The molecule has 0 saturated carbocycles. The Morgan fingerprint density at radius 1 is 1.38 bits per heavy atom. The monoisotopic (exact) mass is 295 g/mol. The van der Waals surface area contributed by atoms with E-state index in [2.05, 4.69) is 11.1 Å². The molecule has 0 aliphatic carbocycles. The Balaban J connectivity index is 2.11. The van der Waals surface area contributed by atoms with Crippen molar-refractivity contribution in [3.63, 3.8) is 0 Å². The highest BCUT2D eigenvalue weighted by atomic mass is 32.1. The number of fused-ring (bicyclic) bond motifs is 1. The average Bonchev–Trinajstić information content (AvgIpc) is 3.05. The normalized spacial score (nSPS) is 12.2. The molecule has 3 aromatic rings. The number of carbonyl (C=O) groups is 1. The fraction of sp³-hybridized carbons (Fsp3) is 0.188. The van der Waals surface area contributed by atoms with Gasteiger partial charge in [0.25, 0.3) is 0 Å². The van der Waals surface area contributed by atoms with Gasteiger partial charge in [-0.1, -0.05) is 12.1 Å². The minimum atomic E-state index is -0.875. The molecule has 0 bridgehead atoms. The first kappa shape index (κ1) is 13.5. The molecule has 2 heterocycles. The van der Waals surface area contributed by atoms with E-state index in [1.165, 1.54) is 11.3 Å². The molecule has 5 heteroatoms. The van der Waals surface area contributed by atoms with E-state index in [4.69, 9.17) is 0 Å². The maximum Gasteiger partial charge on any atom is 0.197 e. The zero-order valence-electron chi connectivity index (χ0n) is 11.7. The Hall–Kier alpha value is -2.45. The molecule has 104 valence electrons. The molecule has 3 rings (SSSR count). The van der Waals surface area contributed by atoms with Crippen LogP contribution in [0.15, 0.2) is 35.7 Å². The van der Waals surface area contributed by atoms with Gasteiger partial charge < -0.3 is 4.57 Å². The average molecular weight is 295 g/mol. The number of Topliss-reactive ketones (excluding diaryl/α,β-unsaturated/α-hetero) is 1.